The van der Waals surface area contributed by atoms with Gasteiger partial charge in [-0.15, -0.1) is 0 Å². The van der Waals surface area contributed by atoms with Gasteiger partial charge in [-0.1, -0.05) is 55.9 Å². The summed E-state index contributed by atoms with van der Waals surface area (Å²) in [6, 6.07) is 19.2. The zero-order valence-corrected chi connectivity index (χ0v) is 17.3. The predicted molar refractivity (Wildman–Crippen MR) is 122 cm³/mol. The largest absolute Gasteiger partial charge is 0.502 e. The summed E-state index contributed by atoms with van der Waals surface area (Å²) >= 11 is 5.60. The van der Waals surface area contributed by atoms with Crippen LogP contribution in [-0.4, -0.2) is 15.0 Å². The van der Waals surface area contributed by atoms with Crippen LogP contribution in [0.2, 0.25) is 0 Å². The van der Waals surface area contributed by atoms with Gasteiger partial charge in [-0.05, 0) is 24.1 Å². The number of nitro benzene ring substituents is 1. The first kappa shape index (κ1) is 21.1. The highest BCUT2D eigenvalue weighted by Crippen LogP contribution is 2.23. The van der Waals surface area contributed by atoms with Gasteiger partial charge in [0.15, 0.2) is 23.1 Å². The molecule has 0 aliphatic rings. The number of benzene rings is 2. The Balaban J connectivity index is 2.08. The van der Waals surface area contributed by atoms with Gasteiger partial charge in [-0.25, -0.2) is 0 Å². The Bertz CT molecular complexity index is 1080. The molecule has 0 bridgehead atoms. The zero-order chi connectivity index (χ0) is 21.5. The van der Waals surface area contributed by atoms with Gasteiger partial charge < -0.3 is 10.4 Å². The number of aliphatic hydroxyl groups is 1. The Hall–Kier alpha value is -3.58. The van der Waals surface area contributed by atoms with Gasteiger partial charge >= 0.3 is 0 Å². The molecule has 0 unspecified atom stereocenters. The molecule has 0 amide bonds. The van der Waals surface area contributed by atoms with E-state index in [2.05, 4.69) is 12.2 Å². The Morgan fingerprint density at radius 1 is 1.10 bits per heavy atom. The molecule has 3 aromatic rings. The summed E-state index contributed by atoms with van der Waals surface area (Å²) in [7, 11) is 0. The summed E-state index contributed by atoms with van der Waals surface area (Å²) in [5, 5.41) is 25.4. The number of non-ortho nitro benzene ring substituents is 1. The maximum absolute atomic E-state index is 11.2. The first-order valence-corrected chi connectivity index (χ1v) is 9.95. The zero-order valence-electron chi connectivity index (χ0n) is 16.5. The second-order valence-corrected chi connectivity index (χ2v) is 7.10. The molecule has 2 N–H and O–H groups in total. The summed E-state index contributed by atoms with van der Waals surface area (Å²) in [5.74, 6) is -0.152. The van der Waals surface area contributed by atoms with Crippen molar-refractivity contribution in [1.29, 1.82) is 0 Å². The van der Waals surface area contributed by atoms with Crippen LogP contribution < -0.4 is 9.88 Å². The van der Waals surface area contributed by atoms with E-state index in [9.17, 15) is 15.2 Å². The van der Waals surface area contributed by atoms with E-state index < -0.39 is 4.92 Å². The molecule has 30 heavy (non-hydrogen) atoms. The van der Waals surface area contributed by atoms with Gasteiger partial charge in [0.25, 0.3) is 11.4 Å². The van der Waals surface area contributed by atoms with E-state index in [0.29, 0.717) is 16.2 Å². The van der Waals surface area contributed by atoms with E-state index in [0.717, 1.165) is 18.5 Å². The SMILES string of the molecule is CCCc1cc[n+](C(C(=S)Nc2ccccc2)=C(O)c2cccc([N+](=O)[O-])c2)cc1. The minimum Gasteiger partial charge on any atom is -0.502 e. The molecule has 1 aromatic heterocycles. The summed E-state index contributed by atoms with van der Waals surface area (Å²) in [6.07, 6.45) is 5.63. The fraction of sp³-hybridized carbons (Fsp3) is 0.130. The van der Waals surface area contributed by atoms with Crippen molar-refractivity contribution in [3.8, 4) is 0 Å². The standard InChI is InChI=1S/C23H21N3O3S/c1-2-7-17-12-14-25(15-13-17)21(23(30)24-19-9-4-3-5-10-19)22(27)18-8-6-11-20(16-18)26(28)29/h3-6,8-16H,2,7H2,1H3,(H-,24,27,30)/p+1. The lowest BCUT2D eigenvalue weighted by Crippen LogP contribution is -2.38. The van der Waals surface area contributed by atoms with Gasteiger partial charge in [0, 0.05) is 35.5 Å². The molecule has 6 nitrogen and oxygen atoms in total. The monoisotopic (exact) mass is 420 g/mol. The van der Waals surface area contributed by atoms with E-state index in [1.807, 2.05) is 54.9 Å². The van der Waals surface area contributed by atoms with E-state index >= 15 is 0 Å². The highest BCUT2D eigenvalue weighted by molar-refractivity contribution is 7.81. The van der Waals surface area contributed by atoms with Crippen LogP contribution in [0.25, 0.3) is 11.5 Å². The maximum atomic E-state index is 11.2. The second kappa shape index (κ2) is 9.76. The molecule has 0 fully saturated rings. The molecular formula is C23H22N3O3S+. The second-order valence-electron chi connectivity index (χ2n) is 6.69. The van der Waals surface area contributed by atoms with Crippen LogP contribution in [0.4, 0.5) is 11.4 Å². The van der Waals surface area contributed by atoms with Crippen LogP contribution in [0.5, 0.6) is 0 Å². The van der Waals surface area contributed by atoms with Gasteiger partial charge in [0.2, 0.25) is 0 Å². The number of nitrogens with one attached hydrogen (secondary N) is 1. The highest BCUT2D eigenvalue weighted by atomic mass is 32.1. The number of rotatable bonds is 7. The quantitative estimate of drug-likeness (QED) is 0.138. The topological polar surface area (TPSA) is 79.3 Å². The normalized spacial score (nSPS) is 11.5. The van der Waals surface area contributed by atoms with Crippen molar-refractivity contribution in [3.05, 3.63) is 100 Å². The third-order valence-corrected chi connectivity index (χ3v) is 4.79. The molecule has 0 atom stereocenters. The first-order valence-electron chi connectivity index (χ1n) is 9.54. The number of pyridine rings is 1. The number of aromatic nitrogens is 1. The first-order chi connectivity index (χ1) is 14.5. The predicted octanol–water partition coefficient (Wildman–Crippen LogP) is 5.16. The lowest BCUT2D eigenvalue weighted by atomic mass is 10.1. The molecule has 1 heterocycles. The fourth-order valence-corrected chi connectivity index (χ4v) is 3.34. The van der Waals surface area contributed by atoms with E-state index in [1.54, 1.807) is 10.6 Å². The van der Waals surface area contributed by atoms with E-state index in [4.69, 9.17) is 12.2 Å². The molecule has 0 aliphatic heterocycles. The summed E-state index contributed by atoms with van der Waals surface area (Å²) in [5.41, 5.74) is 2.47. The molecule has 2 aromatic carbocycles. The Morgan fingerprint density at radius 3 is 2.43 bits per heavy atom. The molecular weight excluding hydrogens is 398 g/mol. The number of nitrogens with zero attached hydrogens (tertiary/aromatic N) is 2. The van der Waals surface area contributed by atoms with Crippen molar-refractivity contribution in [2.45, 2.75) is 19.8 Å². The van der Waals surface area contributed by atoms with Crippen LogP contribution in [0.1, 0.15) is 24.5 Å². The van der Waals surface area contributed by atoms with Crippen molar-refractivity contribution in [2.24, 2.45) is 0 Å². The number of hydrogen-bond acceptors (Lipinski definition) is 4. The van der Waals surface area contributed by atoms with E-state index in [-0.39, 0.29) is 11.4 Å². The number of hydrogen-bond donors (Lipinski definition) is 2. The van der Waals surface area contributed by atoms with Crippen LogP contribution in [-0.2, 0) is 6.42 Å². The van der Waals surface area contributed by atoms with Crippen molar-refractivity contribution in [3.63, 3.8) is 0 Å². The van der Waals surface area contributed by atoms with Crippen LogP contribution in [0.3, 0.4) is 0 Å². The smallest absolute Gasteiger partial charge is 0.288 e. The number of para-hydroxylation sites is 1. The lowest BCUT2D eigenvalue weighted by molar-refractivity contribution is -0.575. The van der Waals surface area contributed by atoms with Gasteiger partial charge in [-0.3, -0.25) is 10.1 Å². The average Bonchev–Trinajstić information content (AvgIpc) is 2.76. The summed E-state index contributed by atoms with van der Waals surface area (Å²) in [4.78, 5) is 10.9. The number of aliphatic hydroxyl groups excluding tert-OH is 1. The minimum atomic E-state index is -0.496. The highest BCUT2D eigenvalue weighted by Gasteiger charge is 2.25. The van der Waals surface area contributed by atoms with Crippen molar-refractivity contribution < 1.29 is 14.6 Å². The Morgan fingerprint density at radius 2 is 1.80 bits per heavy atom. The average molecular weight is 421 g/mol. The Labute approximate surface area is 180 Å². The number of nitro groups is 1. The van der Waals surface area contributed by atoms with Crippen molar-refractivity contribution in [2.75, 3.05) is 5.32 Å². The van der Waals surface area contributed by atoms with Crippen LogP contribution >= 0.6 is 12.2 Å². The van der Waals surface area contributed by atoms with Crippen LogP contribution in [0.15, 0.2) is 79.1 Å². The van der Waals surface area contributed by atoms with Gasteiger partial charge in [0.1, 0.15) is 0 Å². The number of aryl methyl sites for hydroxylation is 1. The summed E-state index contributed by atoms with van der Waals surface area (Å²) < 4.78 is 1.71. The van der Waals surface area contributed by atoms with Crippen molar-refractivity contribution >= 4 is 40.0 Å². The molecule has 0 radical (unpaired) electrons. The third kappa shape index (κ3) is 5.07. The lowest BCUT2D eigenvalue weighted by Gasteiger charge is -2.10. The molecule has 0 saturated carbocycles. The van der Waals surface area contributed by atoms with E-state index in [1.165, 1.54) is 23.8 Å². The Kier molecular flexibility index (Phi) is 6.87. The third-order valence-electron chi connectivity index (χ3n) is 4.50. The molecule has 152 valence electrons. The maximum Gasteiger partial charge on any atom is 0.288 e. The number of thiocarbonyl (C=S) groups is 1. The minimum absolute atomic E-state index is 0.108. The van der Waals surface area contributed by atoms with Gasteiger partial charge in [-0.2, -0.15) is 4.57 Å². The molecule has 7 heteroatoms. The van der Waals surface area contributed by atoms with Gasteiger partial charge in [0.05, 0.1) is 4.92 Å². The molecule has 3 rings (SSSR count). The summed E-state index contributed by atoms with van der Waals surface area (Å²) in [6.45, 7) is 2.11. The molecule has 0 spiro atoms. The molecule has 0 saturated heterocycles. The fourth-order valence-electron chi connectivity index (χ4n) is 3.02. The molecule has 0 aliphatic carbocycles. The van der Waals surface area contributed by atoms with Crippen LogP contribution in [0, 0.1) is 10.1 Å². The van der Waals surface area contributed by atoms with Crippen molar-refractivity contribution in [1.82, 2.24) is 0 Å². The number of anilines is 1.